The number of hydrogen-bond donors (Lipinski definition) is 2. The van der Waals surface area contributed by atoms with Crippen LogP contribution in [0.4, 0.5) is 0 Å². The Morgan fingerprint density at radius 3 is 2.00 bits per heavy atom. The molecule has 0 unspecified atom stereocenters. The number of Topliss-reactive ketones (excluding diaryl/α,β-unsaturated/α-hetero) is 1. The molecular weight excluding hydrogens is 332 g/mol. The lowest BCUT2D eigenvalue weighted by Gasteiger charge is -2.32. The number of ketones is 1. The number of H-pyrrole nitrogens is 2. The van der Waals surface area contributed by atoms with E-state index in [0.717, 1.165) is 30.3 Å². The molecule has 0 saturated heterocycles. The third-order valence-electron chi connectivity index (χ3n) is 6.32. The molecule has 0 spiro atoms. The Morgan fingerprint density at radius 2 is 1.41 bits per heavy atom. The zero-order chi connectivity index (χ0) is 18.4. The second kappa shape index (κ2) is 6.41. The van der Waals surface area contributed by atoms with Crippen LogP contribution in [0.15, 0.2) is 60.9 Å². The van der Waals surface area contributed by atoms with Crippen LogP contribution in [0.25, 0.3) is 21.8 Å². The van der Waals surface area contributed by atoms with Crippen molar-refractivity contribution >= 4 is 27.6 Å². The molecule has 1 fully saturated rings. The monoisotopic (exact) mass is 356 g/mol. The Kier molecular flexibility index (Phi) is 3.89. The van der Waals surface area contributed by atoms with Gasteiger partial charge < -0.3 is 9.97 Å². The van der Waals surface area contributed by atoms with Gasteiger partial charge in [-0.05, 0) is 36.1 Å². The first kappa shape index (κ1) is 16.4. The van der Waals surface area contributed by atoms with E-state index < -0.39 is 0 Å². The summed E-state index contributed by atoms with van der Waals surface area (Å²) < 4.78 is 0. The molecule has 0 amide bonds. The largest absolute Gasteiger partial charge is 0.361 e. The maximum Gasteiger partial charge on any atom is 0.139 e. The van der Waals surface area contributed by atoms with Gasteiger partial charge in [0.2, 0.25) is 0 Å². The van der Waals surface area contributed by atoms with Crippen LogP contribution in [-0.4, -0.2) is 15.8 Å². The standard InChI is InChI=1S/C24H24N2O/c1-15-7-6-10-18(24(15)27)23(19-13-25-21-11-4-2-8-16(19)21)20-14-26-22-12-5-3-9-17(20)22/h2-5,8-9,11-15,18,23,25-26H,6-7,10H2,1H3/t15-,18+/m0/s1. The first-order valence-corrected chi connectivity index (χ1v) is 9.90. The first-order valence-electron chi connectivity index (χ1n) is 9.90. The Hall–Kier alpha value is -2.81. The Morgan fingerprint density at radius 1 is 0.852 bits per heavy atom. The highest BCUT2D eigenvalue weighted by molar-refractivity contribution is 5.92. The van der Waals surface area contributed by atoms with Crippen molar-refractivity contribution < 1.29 is 4.79 Å². The lowest BCUT2D eigenvalue weighted by Crippen LogP contribution is -2.31. The van der Waals surface area contributed by atoms with Gasteiger partial charge in [-0.1, -0.05) is 49.7 Å². The van der Waals surface area contributed by atoms with Crippen LogP contribution in [0.3, 0.4) is 0 Å². The third kappa shape index (κ3) is 2.61. The minimum absolute atomic E-state index is 0.0344. The van der Waals surface area contributed by atoms with Crippen molar-refractivity contribution in [3.63, 3.8) is 0 Å². The summed E-state index contributed by atoms with van der Waals surface area (Å²) in [5.41, 5.74) is 4.74. The fraction of sp³-hybridized carbons (Fsp3) is 0.292. The average Bonchev–Trinajstić information content (AvgIpc) is 3.31. The number of benzene rings is 2. The molecular formula is C24H24N2O. The number of aromatic nitrogens is 2. The zero-order valence-corrected chi connectivity index (χ0v) is 15.5. The van der Waals surface area contributed by atoms with Gasteiger partial charge in [-0.25, -0.2) is 0 Å². The van der Waals surface area contributed by atoms with E-state index in [1.54, 1.807) is 0 Å². The molecule has 3 heteroatoms. The average molecular weight is 356 g/mol. The van der Waals surface area contributed by atoms with Crippen LogP contribution in [0.1, 0.15) is 43.2 Å². The smallest absolute Gasteiger partial charge is 0.139 e. The minimum atomic E-state index is 0.0344. The molecule has 2 aromatic heterocycles. The van der Waals surface area contributed by atoms with Crippen molar-refractivity contribution in [3.05, 3.63) is 72.1 Å². The summed E-state index contributed by atoms with van der Waals surface area (Å²) in [7, 11) is 0. The number of fused-ring (bicyclic) bond motifs is 2. The Balaban J connectivity index is 1.74. The predicted molar refractivity (Wildman–Crippen MR) is 110 cm³/mol. The molecule has 2 aromatic carbocycles. The fourth-order valence-electron chi connectivity index (χ4n) is 4.93. The van der Waals surface area contributed by atoms with Gasteiger partial charge in [-0.15, -0.1) is 0 Å². The van der Waals surface area contributed by atoms with Crippen molar-refractivity contribution in [2.75, 3.05) is 0 Å². The number of hydrogen-bond acceptors (Lipinski definition) is 1. The van der Waals surface area contributed by atoms with E-state index in [9.17, 15) is 4.79 Å². The number of aromatic amines is 2. The van der Waals surface area contributed by atoms with Crippen molar-refractivity contribution in [1.82, 2.24) is 9.97 Å². The SMILES string of the molecule is C[C@H]1CCC[C@H](C(c2c[nH]c3ccccc23)c2c[nH]c3ccccc23)C1=O. The van der Waals surface area contributed by atoms with Crippen LogP contribution in [-0.2, 0) is 4.79 Å². The molecule has 1 saturated carbocycles. The maximum absolute atomic E-state index is 13.2. The maximum atomic E-state index is 13.2. The van der Waals surface area contributed by atoms with Crippen LogP contribution in [0, 0.1) is 11.8 Å². The molecule has 2 heterocycles. The van der Waals surface area contributed by atoms with Gasteiger partial charge in [-0.2, -0.15) is 0 Å². The molecule has 0 radical (unpaired) electrons. The molecule has 5 rings (SSSR count). The molecule has 136 valence electrons. The third-order valence-corrected chi connectivity index (χ3v) is 6.32. The Bertz CT molecular complexity index is 1050. The first-order chi connectivity index (χ1) is 13.2. The van der Waals surface area contributed by atoms with Gasteiger partial charge in [0.15, 0.2) is 0 Å². The molecule has 2 atom stereocenters. The molecule has 1 aliphatic carbocycles. The van der Waals surface area contributed by atoms with Crippen LogP contribution in [0.5, 0.6) is 0 Å². The lowest BCUT2D eigenvalue weighted by molar-refractivity contribution is -0.129. The second-order valence-corrected chi connectivity index (χ2v) is 7.90. The van der Waals surface area contributed by atoms with Gasteiger partial charge in [0.1, 0.15) is 5.78 Å². The predicted octanol–water partition coefficient (Wildman–Crippen LogP) is 5.79. The van der Waals surface area contributed by atoms with Crippen molar-refractivity contribution in [1.29, 1.82) is 0 Å². The van der Waals surface area contributed by atoms with Gasteiger partial charge in [0, 0.05) is 52.0 Å². The van der Waals surface area contributed by atoms with Crippen LogP contribution >= 0.6 is 0 Å². The topological polar surface area (TPSA) is 48.6 Å². The minimum Gasteiger partial charge on any atom is -0.361 e. The second-order valence-electron chi connectivity index (χ2n) is 7.90. The molecule has 2 N–H and O–H groups in total. The van der Waals surface area contributed by atoms with Crippen molar-refractivity contribution in [2.24, 2.45) is 11.8 Å². The van der Waals surface area contributed by atoms with E-state index in [2.05, 4.69) is 77.8 Å². The van der Waals surface area contributed by atoms with E-state index in [4.69, 9.17) is 0 Å². The molecule has 0 bridgehead atoms. The molecule has 1 aliphatic rings. The summed E-state index contributed by atoms with van der Waals surface area (Å²) in [6.45, 7) is 2.09. The van der Waals surface area contributed by atoms with E-state index in [1.807, 2.05) is 0 Å². The Labute approximate surface area is 158 Å². The molecule has 27 heavy (non-hydrogen) atoms. The summed E-state index contributed by atoms with van der Waals surface area (Å²) in [6.07, 6.45) is 7.34. The molecule has 3 nitrogen and oxygen atoms in total. The number of para-hydroxylation sites is 2. The van der Waals surface area contributed by atoms with Crippen molar-refractivity contribution in [2.45, 2.75) is 32.1 Å². The van der Waals surface area contributed by atoms with Gasteiger partial charge in [-0.3, -0.25) is 4.79 Å². The van der Waals surface area contributed by atoms with E-state index >= 15 is 0 Å². The molecule has 4 aromatic rings. The zero-order valence-electron chi connectivity index (χ0n) is 15.5. The van der Waals surface area contributed by atoms with E-state index in [-0.39, 0.29) is 17.8 Å². The summed E-state index contributed by atoms with van der Waals surface area (Å²) >= 11 is 0. The normalized spacial score (nSPS) is 20.7. The highest BCUT2D eigenvalue weighted by atomic mass is 16.1. The number of carbonyl (C=O) groups excluding carboxylic acids is 1. The number of rotatable bonds is 3. The van der Waals surface area contributed by atoms with Crippen LogP contribution < -0.4 is 0 Å². The van der Waals surface area contributed by atoms with Gasteiger partial charge >= 0.3 is 0 Å². The quantitative estimate of drug-likeness (QED) is 0.480. The van der Waals surface area contributed by atoms with E-state index in [0.29, 0.717) is 5.78 Å². The summed E-state index contributed by atoms with van der Waals surface area (Å²) in [5, 5.41) is 2.44. The number of carbonyl (C=O) groups is 1. The van der Waals surface area contributed by atoms with E-state index in [1.165, 1.54) is 21.9 Å². The highest BCUT2D eigenvalue weighted by Gasteiger charge is 2.37. The summed E-state index contributed by atoms with van der Waals surface area (Å²) in [5.74, 6) is 0.684. The highest BCUT2D eigenvalue weighted by Crippen LogP contribution is 2.44. The number of nitrogens with one attached hydrogen (secondary N) is 2. The summed E-state index contributed by atoms with van der Waals surface area (Å²) in [4.78, 5) is 20.1. The molecule has 0 aliphatic heterocycles. The fourth-order valence-corrected chi connectivity index (χ4v) is 4.93. The van der Waals surface area contributed by atoms with Gasteiger partial charge in [0.25, 0.3) is 0 Å². The van der Waals surface area contributed by atoms with Gasteiger partial charge in [0.05, 0.1) is 0 Å². The summed E-state index contributed by atoms with van der Waals surface area (Å²) in [6, 6.07) is 16.8. The lowest BCUT2D eigenvalue weighted by atomic mass is 9.70. The van der Waals surface area contributed by atoms with Crippen molar-refractivity contribution in [3.8, 4) is 0 Å². The van der Waals surface area contributed by atoms with Crippen LogP contribution in [0.2, 0.25) is 0 Å².